The van der Waals surface area contributed by atoms with Crippen LogP contribution in [0.5, 0.6) is 5.75 Å². The van der Waals surface area contributed by atoms with Crippen molar-refractivity contribution in [2.45, 2.75) is 11.0 Å². The molecule has 0 aromatic heterocycles. The van der Waals surface area contributed by atoms with Crippen LogP contribution in [0, 0.1) is 11.6 Å². The number of anilines is 1. The number of piperazine rings is 1. The van der Waals surface area contributed by atoms with E-state index >= 15 is 0 Å². The third-order valence-corrected chi connectivity index (χ3v) is 6.27. The normalized spacial score (nSPS) is 16.4. The number of amides is 1. The predicted octanol–water partition coefficient (Wildman–Crippen LogP) is 1.36. The number of nitrogens with one attached hydrogen (secondary N) is 1. The van der Waals surface area contributed by atoms with Gasteiger partial charge in [-0.1, -0.05) is 0 Å². The minimum absolute atomic E-state index is 0.0606. The summed E-state index contributed by atoms with van der Waals surface area (Å²) in [6.07, 6.45) is 0.391. The van der Waals surface area contributed by atoms with E-state index in [0.29, 0.717) is 38.5 Å². The van der Waals surface area contributed by atoms with Crippen LogP contribution in [0.25, 0.3) is 0 Å². The lowest BCUT2D eigenvalue weighted by Gasteiger charge is -2.35. The quantitative estimate of drug-likeness (QED) is 0.556. The molecular weight excluding hydrogens is 456 g/mol. The number of carbonyl (C=O) groups excluding carboxylic acids is 1. The van der Waals surface area contributed by atoms with Crippen LogP contribution in [-0.2, 0) is 14.6 Å². The van der Waals surface area contributed by atoms with E-state index in [-0.39, 0.29) is 29.6 Å². The highest BCUT2D eigenvalue weighted by molar-refractivity contribution is 7.90. The first-order valence-corrected chi connectivity index (χ1v) is 12.3. The Morgan fingerprint density at radius 2 is 1.64 bits per heavy atom. The van der Waals surface area contributed by atoms with Crippen LogP contribution in [0.15, 0.2) is 47.4 Å². The number of aliphatic hydroxyl groups excluding tert-OH is 1. The predicted molar refractivity (Wildman–Crippen MR) is 119 cm³/mol. The first kappa shape index (κ1) is 25.0. The Kier molecular flexibility index (Phi) is 8.35. The van der Waals surface area contributed by atoms with Crippen molar-refractivity contribution in [3.8, 4) is 5.75 Å². The molecule has 0 aliphatic carbocycles. The molecule has 180 valence electrons. The fourth-order valence-corrected chi connectivity index (χ4v) is 4.12. The van der Waals surface area contributed by atoms with Crippen LogP contribution in [-0.4, -0.2) is 87.5 Å². The maximum absolute atomic E-state index is 13.2. The van der Waals surface area contributed by atoms with Crippen molar-refractivity contribution in [3.63, 3.8) is 0 Å². The highest BCUT2D eigenvalue weighted by Crippen LogP contribution is 2.16. The van der Waals surface area contributed by atoms with Gasteiger partial charge in [-0.3, -0.25) is 14.6 Å². The Balaban J connectivity index is 1.36. The zero-order valence-electron chi connectivity index (χ0n) is 18.2. The number of hydrogen-bond donors (Lipinski definition) is 2. The number of carbonyl (C=O) groups is 1. The van der Waals surface area contributed by atoms with Crippen LogP contribution in [0.2, 0.25) is 0 Å². The number of benzene rings is 2. The Bertz CT molecular complexity index is 1040. The smallest absolute Gasteiger partial charge is 0.238 e. The summed E-state index contributed by atoms with van der Waals surface area (Å²) < 4.78 is 55.0. The molecule has 0 spiro atoms. The number of β-amino-alcohol motifs (C(OH)–C–C–N with tert-alkyl or cyclic N) is 1. The van der Waals surface area contributed by atoms with Crippen molar-refractivity contribution in [1.29, 1.82) is 0 Å². The van der Waals surface area contributed by atoms with Crippen molar-refractivity contribution >= 4 is 21.4 Å². The zero-order valence-corrected chi connectivity index (χ0v) is 19.0. The SMILES string of the molecule is CS(=O)(=O)c1ccc(OCC(O)CN2CCN(CC(=O)Nc3cc(F)cc(F)c3)CC2)cc1. The van der Waals surface area contributed by atoms with Gasteiger partial charge in [-0.25, -0.2) is 17.2 Å². The number of rotatable bonds is 9. The van der Waals surface area contributed by atoms with Crippen LogP contribution in [0.1, 0.15) is 0 Å². The summed E-state index contributed by atoms with van der Waals surface area (Å²) in [7, 11) is -3.27. The zero-order chi connectivity index (χ0) is 24.0. The minimum Gasteiger partial charge on any atom is -0.491 e. The molecule has 8 nitrogen and oxygen atoms in total. The molecule has 1 amide bonds. The topological polar surface area (TPSA) is 99.2 Å². The van der Waals surface area contributed by atoms with Crippen molar-refractivity contribution in [2.75, 3.05) is 57.4 Å². The minimum atomic E-state index is -3.27. The van der Waals surface area contributed by atoms with Gasteiger partial charge in [-0.2, -0.15) is 0 Å². The molecule has 2 aromatic carbocycles. The molecular formula is C22H27F2N3O5S. The van der Waals surface area contributed by atoms with Gasteiger partial charge >= 0.3 is 0 Å². The summed E-state index contributed by atoms with van der Waals surface area (Å²) >= 11 is 0. The Morgan fingerprint density at radius 1 is 1.06 bits per heavy atom. The average molecular weight is 484 g/mol. The van der Waals surface area contributed by atoms with Crippen LogP contribution >= 0.6 is 0 Å². The summed E-state index contributed by atoms with van der Waals surface area (Å²) in [4.78, 5) is 16.3. The van der Waals surface area contributed by atoms with Gasteiger partial charge in [0, 0.05) is 50.7 Å². The van der Waals surface area contributed by atoms with Crippen molar-refractivity contribution in [1.82, 2.24) is 9.80 Å². The van der Waals surface area contributed by atoms with Crippen molar-refractivity contribution < 1.29 is 31.8 Å². The molecule has 1 atom stereocenters. The molecule has 1 unspecified atom stereocenters. The van der Waals surface area contributed by atoms with Gasteiger partial charge in [0.15, 0.2) is 9.84 Å². The molecule has 0 radical (unpaired) electrons. The Labute approximate surface area is 191 Å². The summed E-state index contributed by atoms with van der Waals surface area (Å²) in [5.74, 6) is -1.40. The molecule has 11 heteroatoms. The lowest BCUT2D eigenvalue weighted by molar-refractivity contribution is -0.117. The number of ether oxygens (including phenoxy) is 1. The van der Waals surface area contributed by atoms with E-state index in [1.165, 1.54) is 12.1 Å². The van der Waals surface area contributed by atoms with Gasteiger partial charge < -0.3 is 15.2 Å². The second kappa shape index (κ2) is 11.0. The van der Waals surface area contributed by atoms with E-state index in [2.05, 4.69) is 10.2 Å². The molecule has 2 aromatic rings. The molecule has 2 N–H and O–H groups in total. The molecule has 1 fully saturated rings. The standard InChI is InChI=1S/C22H27F2N3O5S/c1-33(30,31)21-4-2-20(3-5-21)32-15-19(28)13-26-6-8-27(9-7-26)14-22(29)25-18-11-16(23)10-17(24)12-18/h2-5,10-12,19,28H,6-9,13-15H2,1H3,(H,25,29). The van der Waals surface area contributed by atoms with E-state index in [9.17, 15) is 27.1 Å². The highest BCUT2D eigenvalue weighted by atomic mass is 32.2. The molecule has 3 rings (SSSR count). The molecule has 33 heavy (non-hydrogen) atoms. The van der Waals surface area contributed by atoms with Crippen LogP contribution in [0.3, 0.4) is 0 Å². The number of nitrogens with zero attached hydrogens (tertiary/aromatic N) is 2. The lowest BCUT2D eigenvalue weighted by atomic mass is 10.2. The first-order valence-electron chi connectivity index (χ1n) is 10.4. The van der Waals surface area contributed by atoms with Gasteiger partial charge in [0.05, 0.1) is 11.4 Å². The van der Waals surface area contributed by atoms with E-state index in [1.807, 2.05) is 4.90 Å². The molecule has 0 bridgehead atoms. The fourth-order valence-electron chi connectivity index (χ4n) is 3.49. The van der Waals surface area contributed by atoms with E-state index < -0.39 is 27.6 Å². The molecule has 1 aliphatic rings. The van der Waals surface area contributed by atoms with Gasteiger partial charge in [0.1, 0.15) is 30.1 Å². The van der Waals surface area contributed by atoms with Crippen molar-refractivity contribution in [2.24, 2.45) is 0 Å². The van der Waals surface area contributed by atoms with E-state index in [4.69, 9.17) is 4.74 Å². The summed E-state index contributed by atoms with van der Waals surface area (Å²) in [5.41, 5.74) is 0.0743. The summed E-state index contributed by atoms with van der Waals surface area (Å²) in [6.45, 7) is 3.04. The Hall–Kier alpha value is -2.60. The van der Waals surface area contributed by atoms with Crippen LogP contribution < -0.4 is 10.1 Å². The Morgan fingerprint density at radius 3 is 2.21 bits per heavy atom. The molecule has 1 heterocycles. The third-order valence-electron chi connectivity index (χ3n) is 5.14. The second-order valence-corrected chi connectivity index (χ2v) is 10.0. The number of aliphatic hydroxyl groups is 1. The van der Waals surface area contributed by atoms with Gasteiger partial charge in [-0.05, 0) is 36.4 Å². The van der Waals surface area contributed by atoms with Gasteiger partial charge in [-0.15, -0.1) is 0 Å². The number of halogens is 2. The van der Waals surface area contributed by atoms with E-state index in [1.54, 1.807) is 12.1 Å². The first-order chi connectivity index (χ1) is 15.6. The monoisotopic (exact) mass is 483 g/mol. The van der Waals surface area contributed by atoms with Crippen molar-refractivity contribution in [3.05, 3.63) is 54.1 Å². The molecule has 0 saturated carbocycles. The molecule has 1 aliphatic heterocycles. The fraction of sp³-hybridized carbons (Fsp3) is 0.409. The second-order valence-electron chi connectivity index (χ2n) is 7.99. The average Bonchev–Trinajstić information content (AvgIpc) is 2.72. The lowest BCUT2D eigenvalue weighted by Crippen LogP contribution is -2.50. The van der Waals surface area contributed by atoms with Gasteiger partial charge in [0.2, 0.25) is 5.91 Å². The maximum atomic E-state index is 13.2. The number of sulfone groups is 1. The number of hydrogen-bond acceptors (Lipinski definition) is 7. The molecule has 1 saturated heterocycles. The van der Waals surface area contributed by atoms with Crippen LogP contribution in [0.4, 0.5) is 14.5 Å². The highest BCUT2D eigenvalue weighted by Gasteiger charge is 2.21. The van der Waals surface area contributed by atoms with Gasteiger partial charge in [0.25, 0.3) is 0 Å². The third kappa shape index (κ3) is 8.04. The van der Waals surface area contributed by atoms with E-state index in [0.717, 1.165) is 24.5 Å². The summed E-state index contributed by atoms with van der Waals surface area (Å²) in [5, 5.41) is 12.8. The summed E-state index contributed by atoms with van der Waals surface area (Å²) in [6, 6.07) is 8.86. The maximum Gasteiger partial charge on any atom is 0.238 e. The largest absolute Gasteiger partial charge is 0.491 e.